The van der Waals surface area contributed by atoms with Gasteiger partial charge in [0.2, 0.25) is 0 Å². The summed E-state index contributed by atoms with van der Waals surface area (Å²) < 4.78 is 49.6. The minimum Gasteiger partial charge on any atom is -0.348 e. The number of carbonyl (C=O) groups is 1. The van der Waals surface area contributed by atoms with Gasteiger partial charge in [0.25, 0.3) is 0 Å². The highest BCUT2D eigenvalue weighted by atomic mass is 31.2. The van der Waals surface area contributed by atoms with Crippen molar-refractivity contribution in [3.8, 4) is 0 Å². The van der Waals surface area contributed by atoms with Gasteiger partial charge in [0.05, 0.1) is 6.61 Å². The molecular formula is C8H15F3NO5P. The molecule has 0 spiro atoms. The molecule has 6 nitrogen and oxygen atoms in total. The third kappa shape index (κ3) is 10.5. The van der Waals surface area contributed by atoms with Crippen molar-refractivity contribution < 1.29 is 36.8 Å². The van der Waals surface area contributed by atoms with Gasteiger partial charge in [-0.3, -0.25) is 9.32 Å². The van der Waals surface area contributed by atoms with Crippen LogP contribution in [0, 0.1) is 0 Å². The maximum atomic E-state index is 11.7. The SMILES string of the molecule is O=C(NCCCCCCOP(=O)(O)O)C(F)(F)F. The van der Waals surface area contributed by atoms with Crippen LogP contribution in [-0.4, -0.2) is 35.0 Å². The number of carbonyl (C=O) groups excluding carboxylic acids is 1. The van der Waals surface area contributed by atoms with E-state index in [1.807, 2.05) is 0 Å². The number of hydrogen-bond acceptors (Lipinski definition) is 3. The van der Waals surface area contributed by atoms with Gasteiger partial charge < -0.3 is 15.1 Å². The van der Waals surface area contributed by atoms with Crippen molar-refractivity contribution in [2.45, 2.75) is 31.9 Å². The number of hydrogen-bond donors (Lipinski definition) is 3. The zero-order chi connectivity index (χ0) is 14.2. The fourth-order valence-corrected chi connectivity index (χ4v) is 1.43. The molecule has 0 atom stereocenters. The average Bonchev–Trinajstić information content (AvgIpc) is 2.18. The van der Waals surface area contributed by atoms with E-state index in [4.69, 9.17) is 9.79 Å². The Labute approximate surface area is 102 Å². The Kier molecular flexibility index (Phi) is 7.46. The third-order valence-electron chi connectivity index (χ3n) is 1.87. The Hall–Kier alpha value is -0.630. The third-order valence-corrected chi connectivity index (χ3v) is 2.39. The van der Waals surface area contributed by atoms with Gasteiger partial charge in [-0.05, 0) is 12.8 Å². The van der Waals surface area contributed by atoms with Crippen LogP contribution in [0.1, 0.15) is 25.7 Å². The van der Waals surface area contributed by atoms with Gasteiger partial charge in [0.15, 0.2) is 0 Å². The summed E-state index contributed by atoms with van der Waals surface area (Å²) in [7, 11) is -4.44. The van der Waals surface area contributed by atoms with Crippen molar-refractivity contribution in [3.63, 3.8) is 0 Å². The lowest BCUT2D eigenvalue weighted by Gasteiger charge is -2.07. The van der Waals surface area contributed by atoms with E-state index in [1.165, 1.54) is 0 Å². The molecule has 18 heavy (non-hydrogen) atoms. The van der Waals surface area contributed by atoms with Crippen molar-refractivity contribution in [2.24, 2.45) is 0 Å². The molecule has 0 aliphatic heterocycles. The lowest BCUT2D eigenvalue weighted by Crippen LogP contribution is -2.37. The van der Waals surface area contributed by atoms with E-state index in [1.54, 1.807) is 5.32 Å². The largest absolute Gasteiger partial charge is 0.471 e. The van der Waals surface area contributed by atoms with Gasteiger partial charge in [0.1, 0.15) is 0 Å². The van der Waals surface area contributed by atoms with Crippen LogP contribution >= 0.6 is 7.82 Å². The Morgan fingerprint density at radius 2 is 1.72 bits per heavy atom. The first-order chi connectivity index (χ1) is 8.13. The summed E-state index contributed by atoms with van der Waals surface area (Å²) in [5, 5.41) is 1.72. The number of phosphoric acid groups is 1. The molecule has 1 amide bonds. The number of amides is 1. The van der Waals surface area contributed by atoms with E-state index in [2.05, 4.69) is 4.52 Å². The summed E-state index contributed by atoms with van der Waals surface area (Å²) in [4.78, 5) is 27.0. The van der Waals surface area contributed by atoms with Crippen LogP contribution < -0.4 is 5.32 Å². The normalized spacial score (nSPS) is 12.5. The van der Waals surface area contributed by atoms with Gasteiger partial charge in [-0.15, -0.1) is 0 Å². The second-order valence-electron chi connectivity index (χ2n) is 3.49. The Bertz CT molecular complexity index is 304. The maximum absolute atomic E-state index is 11.7. The molecule has 0 rings (SSSR count). The first-order valence-corrected chi connectivity index (χ1v) is 6.71. The lowest BCUT2D eigenvalue weighted by molar-refractivity contribution is -0.173. The van der Waals surface area contributed by atoms with Crippen LogP contribution in [0.25, 0.3) is 0 Å². The van der Waals surface area contributed by atoms with E-state index in [9.17, 15) is 22.5 Å². The second-order valence-corrected chi connectivity index (χ2v) is 4.73. The van der Waals surface area contributed by atoms with Gasteiger partial charge in [-0.2, -0.15) is 13.2 Å². The van der Waals surface area contributed by atoms with Crippen LogP contribution in [0.5, 0.6) is 0 Å². The Morgan fingerprint density at radius 3 is 2.22 bits per heavy atom. The summed E-state index contributed by atoms with van der Waals surface area (Å²) >= 11 is 0. The number of nitrogens with one attached hydrogen (secondary N) is 1. The molecule has 0 radical (unpaired) electrons. The second kappa shape index (κ2) is 7.73. The molecule has 0 bridgehead atoms. The molecule has 0 saturated carbocycles. The van der Waals surface area contributed by atoms with Crippen LogP contribution in [0.4, 0.5) is 13.2 Å². The summed E-state index contributed by atoms with van der Waals surface area (Å²) in [6.07, 6.45) is -3.04. The van der Waals surface area contributed by atoms with E-state index >= 15 is 0 Å². The van der Waals surface area contributed by atoms with Crippen LogP contribution in [-0.2, 0) is 13.9 Å². The van der Waals surface area contributed by atoms with Crippen LogP contribution in [0.3, 0.4) is 0 Å². The van der Waals surface area contributed by atoms with Crippen LogP contribution in [0.2, 0.25) is 0 Å². The topological polar surface area (TPSA) is 95.9 Å². The molecule has 0 fully saturated rings. The highest BCUT2D eigenvalue weighted by Gasteiger charge is 2.38. The van der Waals surface area contributed by atoms with Crippen molar-refractivity contribution >= 4 is 13.7 Å². The summed E-state index contributed by atoms with van der Waals surface area (Å²) in [5.74, 6) is -1.97. The molecule has 0 aromatic carbocycles. The molecule has 108 valence electrons. The molecule has 0 aromatic rings. The van der Waals surface area contributed by atoms with Crippen LogP contribution in [0.15, 0.2) is 0 Å². The number of alkyl halides is 3. The molecule has 0 unspecified atom stereocenters. The quantitative estimate of drug-likeness (QED) is 0.463. The van der Waals surface area contributed by atoms with Gasteiger partial charge in [-0.1, -0.05) is 12.8 Å². The first kappa shape index (κ1) is 17.4. The zero-order valence-electron chi connectivity index (χ0n) is 9.44. The zero-order valence-corrected chi connectivity index (χ0v) is 10.3. The Morgan fingerprint density at radius 1 is 1.17 bits per heavy atom. The number of halogens is 3. The summed E-state index contributed by atoms with van der Waals surface area (Å²) in [5.41, 5.74) is 0. The van der Waals surface area contributed by atoms with Crippen molar-refractivity contribution in [1.29, 1.82) is 0 Å². The summed E-state index contributed by atoms with van der Waals surface area (Å²) in [6, 6.07) is 0. The minimum atomic E-state index is -4.86. The van der Waals surface area contributed by atoms with Gasteiger partial charge >= 0.3 is 19.9 Å². The number of phosphoric ester groups is 1. The number of unbranched alkanes of at least 4 members (excludes halogenated alkanes) is 3. The van der Waals surface area contributed by atoms with Gasteiger partial charge in [0, 0.05) is 6.54 Å². The standard InChI is InChI=1S/C8H15F3NO5P/c9-8(10,11)7(13)12-5-3-1-2-4-6-17-18(14,15)16/h1-6H2,(H,12,13)(H2,14,15,16). The fourth-order valence-electron chi connectivity index (χ4n) is 1.07. The number of rotatable bonds is 8. The van der Waals surface area contributed by atoms with E-state index < -0.39 is 19.9 Å². The minimum absolute atomic E-state index is 0.0856. The van der Waals surface area contributed by atoms with Crippen molar-refractivity contribution in [1.82, 2.24) is 5.32 Å². The maximum Gasteiger partial charge on any atom is 0.471 e. The van der Waals surface area contributed by atoms with Crippen molar-refractivity contribution in [3.05, 3.63) is 0 Å². The van der Waals surface area contributed by atoms with E-state index in [0.29, 0.717) is 25.7 Å². The van der Waals surface area contributed by atoms with Crippen molar-refractivity contribution in [2.75, 3.05) is 13.2 Å². The van der Waals surface area contributed by atoms with E-state index in [0.717, 1.165) is 0 Å². The highest BCUT2D eigenvalue weighted by Crippen LogP contribution is 2.35. The Balaban J connectivity index is 3.37. The average molecular weight is 293 g/mol. The fraction of sp³-hybridized carbons (Fsp3) is 0.875. The lowest BCUT2D eigenvalue weighted by atomic mass is 10.2. The predicted molar refractivity (Wildman–Crippen MR) is 55.5 cm³/mol. The highest BCUT2D eigenvalue weighted by molar-refractivity contribution is 7.46. The monoisotopic (exact) mass is 293 g/mol. The summed E-state index contributed by atoms with van der Waals surface area (Å²) in [6.45, 7) is -0.198. The molecule has 0 heterocycles. The molecule has 0 aliphatic carbocycles. The molecule has 0 saturated heterocycles. The smallest absolute Gasteiger partial charge is 0.348 e. The molecule has 3 N–H and O–H groups in total. The molecular weight excluding hydrogens is 278 g/mol. The predicted octanol–water partition coefficient (Wildman–Crippen LogP) is 1.33. The molecule has 0 aliphatic rings. The van der Waals surface area contributed by atoms with Gasteiger partial charge in [-0.25, -0.2) is 4.57 Å². The molecule has 0 aromatic heterocycles. The first-order valence-electron chi connectivity index (χ1n) is 5.18. The van der Waals surface area contributed by atoms with E-state index in [-0.39, 0.29) is 13.2 Å². The molecule has 10 heteroatoms.